The average Bonchev–Trinajstić information content (AvgIpc) is 2.14. The second-order valence-corrected chi connectivity index (χ2v) is 6.02. The number of rotatable bonds is 4. The van der Waals surface area contributed by atoms with Crippen LogP contribution in [0.1, 0.15) is 52.2 Å². The average molecular weight is 239 g/mol. The zero-order chi connectivity index (χ0) is 13.1. The second-order valence-electron chi connectivity index (χ2n) is 6.02. The smallest absolute Gasteiger partial charge is 0.147 e. The molecule has 96 valence electrons. The van der Waals surface area contributed by atoms with Crippen molar-refractivity contribution in [3.63, 3.8) is 0 Å². The molecule has 2 nitrogen and oxygen atoms in total. The summed E-state index contributed by atoms with van der Waals surface area (Å²) in [5, 5.41) is 10.0. The van der Waals surface area contributed by atoms with Crippen molar-refractivity contribution in [1.82, 2.24) is 4.98 Å². The quantitative estimate of drug-likeness (QED) is 0.868. The molecule has 0 radical (unpaired) electrons. The molecule has 2 atom stereocenters. The molecule has 1 aromatic heterocycles. The van der Waals surface area contributed by atoms with Gasteiger partial charge in [-0.3, -0.25) is 4.98 Å². The minimum Gasteiger partial charge on any atom is -0.388 e. The van der Waals surface area contributed by atoms with E-state index in [9.17, 15) is 9.50 Å². The maximum absolute atomic E-state index is 13.4. The van der Waals surface area contributed by atoms with Crippen LogP contribution in [0.15, 0.2) is 18.5 Å². The van der Waals surface area contributed by atoms with Crippen LogP contribution in [0, 0.1) is 17.2 Å². The van der Waals surface area contributed by atoms with Crippen LogP contribution in [0.3, 0.4) is 0 Å². The lowest BCUT2D eigenvalue weighted by atomic mass is 9.82. The Hall–Kier alpha value is -0.960. The molecule has 2 unspecified atom stereocenters. The highest BCUT2D eigenvalue weighted by Gasteiger charge is 2.20. The van der Waals surface area contributed by atoms with Gasteiger partial charge in [0.15, 0.2) is 0 Å². The predicted octanol–water partition coefficient (Wildman–Crippen LogP) is 3.72. The minimum atomic E-state index is -0.740. The first-order chi connectivity index (χ1) is 7.79. The zero-order valence-corrected chi connectivity index (χ0v) is 11.1. The summed E-state index contributed by atoms with van der Waals surface area (Å²) in [4.78, 5) is 3.68. The van der Waals surface area contributed by atoms with Crippen molar-refractivity contribution in [2.45, 2.75) is 46.6 Å². The number of hydrogen-bond acceptors (Lipinski definition) is 2. The van der Waals surface area contributed by atoms with E-state index >= 15 is 0 Å². The van der Waals surface area contributed by atoms with Gasteiger partial charge in [0.25, 0.3) is 0 Å². The van der Waals surface area contributed by atoms with Crippen molar-refractivity contribution < 1.29 is 9.50 Å². The number of aromatic nitrogens is 1. The highest BCUT2D eigenvalue weighted by Crippen LogP contribution is 2.30. The SMILES string of the molecule is CC(CC(O)c1ccncc1F)CC(C)(C)C. The molecular formula is C14H22FNO. The number of halogens is 1. The molecule has 0 spiro atoms. The first-order valence-corrected chi connectivity index (χ1v) is 6.07. The van der Waals surface area contributed by atoms with Gasteiger partial charge in [-0.05, 0) is 30.2 Å². The van der Waals surface area contributed by atoms with Crippen LogP contribution in [0.4, 0.5) is 4.39 Å². The van der Waals surface area contributed by atoms with Crippen LogP contribution < -0.4 is 0 Å². The highest BCUT2D eigenvalue weighted by molar-refractivity contribution is 5.15. The maximum atomic E-state index is 13.4. The van der Waals surface area contributed by atoms with Crippen molar-refractivity contribution >= 4 is 0 Å². The van der Waals surface area contributed by atoms with Gasteiger partial charge in [0.1, 0.15) is 5.82 Å². The van der Waals surface area contributed by atoms with E-state index in [0.717, 1.165) is 12.6 Å². The van der Waals surface area contributed by atoms with Crippen molar-refractivity contribution in [3.05, 3.63) is 29.8 Å². The second kappa shape index (κ2) is 5.58. The molecule has 0 aromatic carbocycles. The molecule has 0 amide bonds. The molecule has 3 heteroatoms. The van der Waals surface area contributed by atoms with E-state index in [1.54, 1.807) is 6.07 Å². The predicted molar refractivity (Wildman–Crippen MR) is 67.0 cm³/mol. The summed E-state index contributed by atoms with van der Waals surface area (Å²) >= 11 is 0. The van der Waals surface area contributed by atoms with E-state index in [4.69, 9.17) is 0 Å². The first-order valence-electron chi connectivity index (χ1n) is 6.07. The standard InChI is InChI=1S/C14H22FNO/c1-10(8-14(2,3)4)7-13(17)11-5-6-16-9-12(11)15/h5-6,9-10,13,17H,7-8H2,1-4H3. The van der Waals surface area contributed by atoms with Crippen LogP contribution in [0.5, 0.6) is 0 Å². The molecule has 0 bridgehead atoms. The zero-order valence-electron chi connectivity index (χ0n) is 11.1. The fourth-order valence-corrected chi connectivity index (χ4v) is 2.29. The third kappa shape index (κ3) is 4.82. The Balaban J connectivity index is 2.61. The molecule has 0 saturated heterocycles. The normalized spacial score (nSPS) is 15.6. The lowest BCUT2D eigenvalue weighted by Gasteiger charge is -2.25. The molecule has 1 heterocycles. The van der Waals surface area contributed by atoms with Gasteiger partial charge in [-0.25, -0.2) is 4.39 Å². The van der Waals surface area contributed by atoms with Crippen LogP contribution in [0.2, 0.25) is 0 Å². The van der Waals surface area contributed by atoms with Crippen molar-refractivity contribution in [3.8, 4) is 0 Å². The lowest BCUT2D eigenvalue weighted by Crippen LogP contribution is -2.14. The molecule has 1 aromatic rings. The molecule has 0 aliphatic heterocycles. The molecule has 0 aliphatic carbocycles. The number of pyridine rings is 1. The van der Waals surface area contributed by atoms with Gasteiger partial charge in [-0.1, -0.05) is 27.7 Å². The third-order valence-corrected chi connectivity index (χ3v) is 2.75. The van der Waals surface area contributed by atoms with Gasteiger partial charge < -0.3 is 5.11 Å². The van der Waals surface area contributed by atoms with E-state index in [1.165, 1.54) is 6.20 Å². The summed E-state index contributed by atoms with van der Waals surface area (Å²) in [6, 6.07) is 1.55. The van der Waals surface area contributed by atoms with E-state index in [0.29, 0.717) is 17.9 Å². The van der Waals surface area contributed by atoms with Gasteiger partial charge in [0.2, 0.25) is 0 Å². The van der Waals surface area contributed by atoms with Crippen molar-refractivity contribution in [2.24, 2.45) is 11.3 Å². The number of aliphatic hydroxyl groups is 1. The van der Waals surface area contributed by atoms with E-state index in [-0.39, 0.29) is 5.41 Å². The Labute approximate surface area is 103 Å². The monoisotopic (exact) mass is 239 g/mol. The van der Waals surface area contributed by atoms with Crippen LogP contribution >= 0.6 is 0 Å². The summed E-state index contributed by atoms with van der Waals surface area (Å²) < 4.78 is 13.4. The van der Waals surface area contributed by atoms with E-state index in [2.05, 4.69) is 32.7 Å². The van der Waals surface area contributed by atoms with Gasteiger partial charge in [0.05, 0.1) is 12.3 Å². The molecule has 1 rings (SSSR count). The Morgan fingerprint density at radius 2 is 2.06 bits per heavy atom. The molecule has 0 fully saturated rings. The van der Waals surface area contributed by atoms with E-state index < -0.39 is 11.9 Å². The summed E-state index contributed by atoms with van der Waals surface area (Å²) in [5.41, 5.74) is 0.580. The summed E-state index contributed by atoms with van der Waals surface area (Å²) in [7, 11) is 0. The topological polar surface area (TPSA) is 33.1 Å². The third-order valence-electron chi connectivity index (χ3n) is 2.75. The lowest BCUT2D eigenvalue weighted by molar-refractivity contribution is 0.130. The highest BCUT2D eigenvalue weighted by atomic mass is 19.1. The Bertz CT molecular complexity index is 359. The number of aliphatic hydroxyl groups excluding tert-OH is 1. The fraction of sp³-hybridized carbons (Fsp3) is 0.643. The van der Waals surface area contributed by atoms with Crippen LogP contribution in [-0.2, 0) is 0 Å². The van der Waals surface area contributed by atoms with Gasteiger partial charge in [-0.15, -0.1) is 0 Å². The van der Waals surface area contributed by atoms with Crippen LogP contribution in [-0.4, -0.2) is 10.1 Å². The number of nitrogens with zero attached hydrogens (tertiary/aromatic N) is 1. The Kier molecular flexibility index (Phi) is 4.63. The number of hydrogen-bond donors (Lipinski definition) is 1. The fourth-order valence-electron chi connectivity index (χ4n) is 2.29. The van der Waals surface area contributed by atoms with E-state index in [1.807, 2.05) is 0 Å². The maximum Gasteiger partial charge on any atom is 0.147 e. The summed E-state index contributed by atoms with van der Waals surface area (Å²) in [6.07, 6.45) is 3.51. The Morgan fingerprint density at radius 3 is 2.59 bits per heavy atom. The minimum absolute atomic E-state index is 0.232. The van der Waals surface area contributed by atoms with Gasteiger partial charge in [-0.2, -0.15) is 0 Å². The van der Waals surface area contributed by atoms with Gasteiger partial charge in [0, 0.05) is 11.8 Å². The molecule has 0 saturated carbocycles. The molecule has 0 aliphatic rings. The van der Waals surface area contributed by atoms with Crippen molar-refractivity contribution in [1.29, 1.82) is 0 Å². The largest absolute Gasteiger partial charge is 0.388 e. The first kappa shape index (κ1) is 14.1. The molecule has 1 N–H and O–H groups in total. The molecule has 17 heavy (non-hydrogen) atoms. The van der Waals surface area contributed by atoms with Crippen LogP contribution in [0.25, 0.3) is 0 Å². The Morgan fingerprint density at radius 1 is 1.41 bits per heavy atom. The molecular weight excluding hydrogens is 217 g/mol. The van der Waals surface area contributed by atoms with Gasteiger partial charge >= 0.3 is 0 Å². The summed E-state index contributed by atoms with van der Waals surface area (Å²) in [5.74, 6) is -0.0690. The summed E-state index contributed by atoms with van der Waals surface area (Å²) in [6.45, 7) is 8.60. The van der Waals surface area contributed by atoms with Crippen molar-refractivity contribution in [2.75, 3.05) is 0 Å².